The first-order valence-corrected chi connectivity index (χ1v) is 32.9. The van der Waals surface area contributed by atoms with E-state index in [9.17, 15) is 10.5 Å². The van der Waals surface area contributed by atoms with E-state index >= 15 is 0 Å². The standard InChI is InChI=1S/C74H39B2N5O4S.C4H6.C3H6.CH4S/c77-40-42-29-30-43(41-78)66(35-42)86-47-33-31-44(32-34-47)79-55-22-8-1-15-48(55)67-72(79)68-49-16-2-9-23-56(49)80(45-36-62-70-63(37-45)83-59-26-12-5-19-52(59)75(70)51-18-4-11-25-58(51)82-62)74(68)69-50-17-3-10-24-57(50)81(73(67)69)46-38-64-71-65(39-46)85-61-28-14-7-21-54(61)76(71)53-20-6-13-27-60(53)84-64;1-3-4-2;1-3-2;1-2/h1-39H;3-4H,1-2H2;3H,1H2,2H3;2H,1H3. The van der Waals surface area contributed by atoms with Crippen LogP contribution in [0.1, 0.15) is 18.1 Å². The van der Waals surface area contributed by atoms with E-state index in [-0.39, 0.29) is 13.4 Å². The summed E-state index contributed by atoms with van der Waals surface area (Å²) < 4.78 is 35.5. The Bertz CT molecular complexity index is 5500. The van der Waals surface area contributed by atoms with Gasteiger partial charge in [0, 0.05) is 83.0 Å². The molecule has 7 heterocycles. The summed E-state index contributed by atoms with van der Waals surface area (Å²) in [6.45, 7) is 11.8. The molecule has 12 aromatic carbocycles. The highest BCUT2D eigenvalue weighted by atomic mass is 32.2. The lowest BCUT2D eigenvalue weighted by Gasteiger charge is -2.33. The second-order valence-electron chi connectivity index (χ2n) is 23.3. The fourth-order valence-corrected chi connectivity index (χ4v) is 15.5. The lowest BCUT2D eigenvalue weighted by molar-refractivity contribution is 0.463. The van der Waals surface area contributed by atoms with Crippen LogP contribution in [0.15, 0.2) is 284 Å². The number of fused-ring (bicyclic) bond motifs is 20. The van der Waals surface area contributed by atoms with Gasteiger partial charge in [-0.05, 0) is 120 Å². The highest BCUT2D eigenvalue weighted by Crippen LogP contribution is 2.52. The SMILES string of the molecule is C=CC.C=CC=C.CS.N#Cc1ccc(C#N)c(Sc2ccc(-n3c4ccccc4c4c3c3c5ccccc5n(-c5cc6c7c(c5)Oc5ccccc5B7c5ccccc5O6)c3c3c5ccccc5n(-c5cc6c7c(c5)Oc5ccccc5B7c5ccccc5O6)c43)cc2)c1. The second kappa shape index (κ2) is 23.7. The van der Waals surface area contributed by atoms with Crippen molar-refractivity contribution < 1.29 is 18.9 Å². The van der Waals surface area contributed by atoms with Gasteiger partial charge in [-0.1, -0.05) is 171 Å². The van der Waals surface area contributed by atoms with Gasteiger partial charge in [-0.25, -0.2) is 0 Å². The van der Waals surface area contributed by atoms with Gasteiger partial charge in [-0.3, -0.25) is 0 Å². The van der Waals surface area contributed by atoms with Crippen molar-refractivity contribution in [1.82, 2.24) is 13.7 Å². The molecule has 0 N–H and O–H groups in total. The zero-order valence-corrected chi connectivity index (χ0v) is 53.5. The third-order valence-corrected chi connectivity index (χ3v) is 19.2. The highest BCUT2D eigenvalue weighted by Gasteiger charge is 2.43. The lowest BCUT2D eigenvalue weighted by Crippen LogP contribution is -2.57. The molecule has 19 rings (SSSR count). The van der Waals surface area contributed by atoms with E-state index in [1.807, 2.05) is 31.2 Å². The number of hydrogen-bond acceptors (Lipinski definition) is 8. The first-order chi connectivity index (χ1) is 46.9. The normalized spacial score (nSPS) is 12.2. The number of para-hydroxylation sites is 7. The van der Waals surface area contributed by atoms with Crippen molar-refractivity contribution in [2.45, 2.75) is 16.7 Å². The summed E-state index contributed by atoms with van der Waals surface area (Å²) in [4.78, 5) is 1.67. The Morgan fingerprint density at radius 3 is 1.08 bits per heavy atom. The average Bonchev–Trinajstić information content (AvgIpc) is 1.52. The molecule has 0 saturated heterocycles. The fraction of sp³-hybridized carbons (Fsp3) is 0.0244. The van der Waals surface area contributed by atoms with E-state index < -0.39 is 0 Å². The Hall–Kier alpha value is -11.7. The molecule has 0 bridgehead atoms. The molecule has 0 atom stereocenters. The monoisotopic (exact) mass is 1260 g/mol. The van der Waals surface area contributed by atoms with E-state index in [1.165, 1.54) is 11.8 Å². The lowest BCUT2D eigenvalue weighted by atomic mass is 9.35. The first kappa shape index (κ1) is 58.4. The van der Waals surface area contributed by atoms with E-state index in [1.54, 1.807) is 42.7 Å². The summed E-state index contributed by atoms with van der Waals surface area (Å²) in [5, 5.41) is 26.4. The maximum absolute atomic E-state index is 10.1. The molecule has 0 amide bonds. The molecule has 4 aliphatic heterocycles. The van der Waals surface area contributed by atoms with Gasteiger partial charge in [0.1, 0.15) is 52.1 Å². The van der Waals surface area contributed by atoms with Crippen molar-refractivity contribution in [2.75, 3.05) is 6.26 Å². The van der Waals surface area contributed by atoms with E-state index in [0.717, 1.165) is 171 Å². The van der Waals surface area contributed by atoms with Gasteiger partial charge in [-0.2, -0.15) is 23.2 Å². The Labute approximate surface area is 559 Å². The maximum atomic E-state index is 10.1. The zero-order valence-electron chi connectivity index (χ0n) is 51.7. The van der Waals surface area contributed by atoms with E-state index in [4.69, 9.17) is 18.9 Å². The van der Waals surface area contributed by atoms with Gasteiger partial charge >= 0.3 is 0 Å². The van der Waals surface area contributed by atoms with Crippen LogP contribution >= 0.6 is 24.4 Å². The summed E-state index contributed by atoms with van der Waals surface area (Å²) in [6.07, 6.45) is 6.72. The number of hydrogen-bond donors (Lipinski definition) is 1. The summed E-state index contributed by atoms with van der Waals surface area (Å²) in [7, 11) is 0. The second-order valence-corrected chi connectivity index (χ2v) is 24.4. The number of ether oxygens (including phenoxy) is 4. The molecule has 0 aliphatic carbocycles. The van der Waals surface area contributed by atoms with Gasteiger partial charge in [-0.15, -0.1) is 6.58 Å². The fourth-order valence-electron chi connectivity index (χ4n) is 14.5. The van der Waals surface area contributed by atoms with Crippen molar-refractivity contribution in [3.8, 4) is 75.2 Å². The Morgan fingerprint density at radius 2 is 0.737 bits per heavy atom. The smallest absolute Gasteiger partial charge is 0.260 e. The van der Waals surface area contributed by atoms with Crippen LogP contribution in [0.2, 0.25) is 0 Å². The number of aromatic nitrogens is 3. The number of benzene rings is 12. The van der Waals surface area contributed by atoms with Gasteiger partial charge in [0.15, 0.2) is 0 Å². The van der Waals surface area contributed by atoms with Crippen LogP contribution in [0.25, 0.3) is 82.5 Å². The topological polar surface area (TPSA) is 99.3 Å². The summed E-state index contributed by atoms with van der Waals surface area (Å²) >= 11 is 5.01. The van der Waals surface area contributed by atoms with Crippen molar-refractivity contribution >= 4 is 136 Å². The van der Waals surface area contributed by atoms with Crippen LogP contribution in [-0.2, 0) is 0 Å². The number of nitrogens with zero attached hydrogens (tertiary/aromatic N) is 5. The van der Waals surface area contributed by atoms with Crippen molar-refractivity contribution in [3.63, 3.8) is 0 Å². The molecule has 0 unspecified atom stereocenters. The molecule has 4 aliphatic rings. The molecular weight excluding hydrogens is 1200 g/mol. The molecule has 450 valence electrons. The van der Waals surface area contributed by atoms with Crippen LogP contribution in [0.3, 0.4) is 0 Å². The Morgan fingerprint density at radius 1 is 0.400 bits per heavy atom. The first-order valence-electron chi connectivity index (χ1n) is 31.2. The predicted octanol–water partition coefficient (Wildman–Crippen LogP) is 17.4. The van der Waals surface area contributed by atoms with Gasteiger partial charge in [0.25, 0.3) is 13.4 Å². The molecule has 13 heteroatoms. The third-order valence-electron chi connectivity index (χ3n) is 18.1. The molecule has 0 spiro atoms. The molecule has 9 nitrogen and oxygen atoms in total. The molecule has 0 radical (unpaired) electrons. The maximum Gasteiger partial charge on any atom is 0.260 e. The number of thiol groups is 1. The Kier molecular flexibility index (Phi) is 14.6. The molecule has 0 fully saturated rings. The molecule has 15 aromatic rings. The number of allylic oxidation sites excluding steroid dienone is 3. The molecule has 3 aromatic heterocycles. The van der Waals surface area contributed by atoms with Crippen LogP contribution in [0.4, 0.5) is 0 Å². The van der Waals surface area contributed by atoms with E-state index in [0.29, 0.717) is 11.1 Å². The third kappa shape index (κ3) is 9.11. The van der Waals surface area contributed by atoms with Crippen LogP contribution in [-0.4, -0.2) is 33.4 Å². The molecular formula is C82H55B2N5O4S2. The van der Waals surface area contributed by atoms with Crippen molar-refractivity contribution in [1.29, 1.82) is 10.5 Å². The average molecular weight is 1260 g/mol. The highest BCUT2D eigenvalue weighted by molar-refractivity contribution is 7.99. The number of nitriles is 2. The van der Waals surface area contributed by atoms with Crippen molar-refractivity contribution in [3.05, 3.63) is 286 Å². The largest absolute Gasteiger partial charge is 0.458 e. The minimum absolute atomic E-state index is 0.0879. The predicted molar refractivity (Wildman–Crippen MR) is 396 cm³/mol. The quantitative estimate of drug-likeness (QED) is 0.0766. The minimum atomic E-state index is -0.0879. The van der Waals surface area contributed by atoms with Crippen LogP contribution < -0.4 is 51.7 Å². The van der Waals surface area contributed by atoms with E-state index in [2.05, 4.69) is 252 Å². The molecule has 95 heavy (non-hydrogen) atoms. The van der Waals surface area contributed by atoms with Gasteiger partial charge < -0.3 is 32.6 Å². The van der Waals surface area contributed by atoms with Gasteiger partial charge in [0.2, 0.25) is 0 Å². The minimum Gasteiger partial charge on any atom is -0.458 e. The molecule has 0 saturated carbocycles. The number of rotatable bonds is 6. The Balaban J connectivity index is 0.000000752. The summed E-state index contributed by atoms with van der Waals surface area (Å²) in [5.74, 6) is 6.29. The zero-order chi connectivity index (χ0) is 64.6. The van der Waals surface area contributed by atoms with Crippen LogP contribution in [0.5, 0.6) is 46.0 Å². The van der Waals surface area contributed by atoms with Crippen molar-refractivity contribution in [2.24, 2.45) is 0 Å². The van der Waals surface area contributed by atoms with Gasteiger partial charge in [0.05, 0.1) is 61.7 Å². The summed E-state index contributed by atoms with van der Waals surface area (Å²) in [5.41, 5.74) is 16.3. The summed E-state index contributed by atoms with van der Waals surface area (Å²) in [6, 6.07) is 87.0. The van der Waals surface area contributed by atoms with Crippen LogP contribution in [0, 0.1) is 22.7 Å².